The van der Waals surface area contributed by atoms with E-state index in [9.17, 15) is 0 Å². The summed E-state index contributed by atoms with van der Waals surface area (Å²) < 4.78 is 0. The van der Waals surface area contributed by atoms with Gasteiger partial charge in [-0.25, -0.2) is 0 Å². The lowest BCUT2D eigenvalue weighted by atomic mass is 10.0. The first-order valence-corrected chi connectivity index (χ1v) is 3.09. The molecule has 48 valence electrons. The summed E-state index contributed by atoms with van der Waals surface area (Å²) in [5.74, 6) is 0.497. The molecule has 1 heteroatoms. The Balaban J connectivity index is 2.58. The second-order valence-electron chi connectivity index (χ2n) is 2.20. The lowest BCUT2D eigenvalue weighted by Gasteiger charge is -2.08. The van der Waals surface area contributed by atoms with Gasteiger partial charge in [-0.15, -0.1) is 6.58 Å². The fraction of sp³-hybridized carbons (Fsp3) is 0.250. The molecule has 0 unspecified atom stereocenters. The number of hydrogen-bond acceptors (Lipinski definition) is 1. The van der Waals surface area contributed by atoms with Crippen molar-refractivity contribution in [2.45, 2.75) is 6.42 Å². The van der Waals surface area contributed by atoms with Gasteiger partial charge in [0.2, 0.25) is 0 Å². The van der Waals surface area contributed by atoms with Crippen molar-refractivity contribution in [1.29, 1.82) is 0 Å². The van der Waals surface area contributed by atoms with E-state index in [1.165, 1.54) is 0 Å². The number of allylic oxidation sites excluding steroid dienone is 4. The normalized spacial score (nSPS) is 25.3. The molecule has 1 aliphatic rings. The molecule has 1 aliphatic carbocycles. The van der Waals surface area contributed by atoms with Gasteiger partial charge in [-0.1, -0.05) is 18.2 Å². The van der Waals surface area contributed by atoms with Crippen molar-refractivity contribution in [2.75, 3.05) is 0 Å². The fourth-order valence-electron chi connectivity index (χ4n) is 0.828. The van der Waals surface area contributed by atoms with E-state index < -0.39 is 0 Å². The summed E-state index contributed by atoms with van der Waals surface area (Å²) in [5, 5.41) is 0. The van der Waals surface area contributed by atoms with Crippen molar-refractivity contribution in [3.8, 4) is 0 Å². The Kier molecular flexibility index (Phi) is 1.73. The van der Waals surface area contributed by atoms with E-state index >= 15 is 0 Å². The second kappa shape index (κ2) is 2.53. The molecule has 0 aliphatic heterocycles. The Morgan fingerprint density at radius 1 is 1.78 bits per heavy atom. The highest BCUT2D eigenvalue weighted by Gasteiger charge is 2.00. The smallest absolute Gasteiger partial charge is 0.0270 e. The molecule has 0 amide bonds. The summed E-state index contributed by atoms with van der Waals surface area (Å²) in [6, 6.07) is 0. The van der Waals surface area contributed by atoms with Crippen LogP contribution in [0.3, 0.4) is 0 Å². The maximum atomic E-state index is 5.49. The monoisotopic (exact) mass is 121 g/mol. The molecule has 0 aromatic carbocycles. The van der Waals surface area contributed by atoms with Crippen LogP contribution in [0.15, 0.2) is 36.6 Å². The molecule has 0 spiro atoms. The van der Waals surface area contributed by atoms with Gasteiger partial charge in [0.15, 0.2) is 0 Å². The predicted octanol–water partition coefficient (Wildman–Crippen LogP) is 1.59. The Bertz CT molecular complexity index is 165. The highest BCUT2D eigenvalue weighted by atomic mass is 14.6. The van der Waals surface area contributed by atoms with E-state index in [4.69, 9.17) is 5.73 Å². The van der Waals surface area contributed by atoms with Gasteiger partial charge >= 0.3 is 0 Å². The molecule has 0 radical (unpaired) electrons. The van der Waals surface area contributed by atoms with Crippen molar-refractivity contribution in [3.05, 3.63) is 36.6 Å². The zero-order chi connectivity index (χ0) is 6.69. The van der Waals surface area contributed by atoms with E-state index in [-0.39, 0.29) is 0 Å². The average Bonchev–Trinajstić information content (AvgIpc) is 1.90. The minimum atomic E-state index is 0.497. The van der Waals surface area contributed by atoms with Crippen LogP contribution >= 0.6 is 0 Å². The Morgan fingerprint density at radius 3 is 3.00 bits per heavy atom. The van der Waals surface area contributed by atoms with Gasteiger partial charge in [0, 0.05) is 5.70 Å². The molecule has 0 heterocycles. The molecule has 0 aromatic rings. The molecular weight excluding hydrogens is 110 g/mol. The summed E-state index contributed by atoms with van der Waals surface area (Å²) in [7, 11) is 0. The Morgan fingerprint density at radius 2 is 2.56 bits per heavy atom. The summed E-state index contributed by atoms with van der Waals surface area (Å²) >= 11 is 0. The van der Waals surface area contributed by atoms with Gasteiger partial charge in [-0.2, -0.15) is 0 Å². The fourth-order valence-corrected chi connectivity index (χ4v) is 0.828. The van der Waals surface area contributed by atoms with Crippen LogP contribution in [-0.2, 0) is 0 Å². The van der Waals surface area contributed by atoms with Gasteiger partial charge in [0.05, 0.1) is 0 Å². The molecule has 1 atom stereocenters. The zero-order valence-corrected chi connectivity index (χ0v) is 5.38. The van der Waals surface area contributed by atoms with Gasteiger partial charge in [-0.3, -0.25) is 0 Å². The highest BCUT2D eigenvalue weighted by molar-refractivity contribution is 5.22. The molecule has 0 saturated heterocycles. The molecule has 2 N–H and O–H groups in total. The molecule has 1 rings (SSSR count). The van der Waals surface area contributed by atoms with Gasteiger partial charge in [-0.05, 0) is 18.4 Å². The van der Waals surface area contributed by atoms with E-state index in [2.05, 4.69) is 12.7 Å². The van der Waals surface area contributed by atoms with Crippen LogP contribution in [0.25, 0.3) is 0 Å². The standard InChI is InChI=1S/C8H11N/c1-2-7-3-5-8(9)6-4-7/h2-3,5-7H,1,4,9H2/t7-/m1/s1. The molecule has 0 saturated carbocycles. The largest absolute Gasteiger partial charge is 0.399 e. The third kappa shape index (κ3) is 1.46. The van der Waals surface area contributed by atoms with Crippen LogP contribution in [0.4, 0.5) is 0 Å². The third-order valence-corrected chi connectivity index (χ3v) is 1.46. The summed E-state index contributed by atoms with van der Waals surface area (Å²) in [4.78, 5) is 0. The topological polar surface area (TPSA) is 26.0 Å². The summed E-state index contributed by atoms with van der Waals surface area (Å²) in [6.45, 7) is 3.69. The minimum absolute atomic E-state index is 0.497. The third-order valence-electron chi connectivity index (χ3n) is 1.46. The maximum absolute atomic E-state index is 5.49. The van der Waals surface area contributed by atoms with Gasteiger partial charge < -0.3 is 5.73 Å². The van der Waals surface area contributed by atoms with Gasteiger partial charge in [0.25, 0.3) is 0 Å². The van der Waals surface area contributed by atoms with Crippen LogP contribution in [0.2, 0.25) is 0 Å². The zero-order valence-electron chi connectivity index (χ0n) is 5.38. The van der Waals surface area contributed by atoms with Crippen LogP contribution in [0, 0.1) is 5.92 Å². The first-order valence-electron chi connectivity index (χ1n) is 3.09. The Labute approximate surface area is 55.6 Å². The van der Waals surface area contributed by atoms with Crippen molar-refractivity contribution in [2.24, 2.45) is 11.7 Å². The first-order chi connectivity index (χ1) is 4.33. The minimum Gasteiger partial charge on any atom is -0.399 e. The predicted molar refractivity (Wildman–Crippen MR) is 39.7 cm³/mol. The lowest BCUT2D eigenvalue weighted by Crippen LogP contribution is -2.01. The van der Waals surface area contributed by atoms with Gasteiger partial charge in [0.1, 0.15) is 0 Å². The van der Waals surface area contributed by atoms with Crippen molar-refractivity contribution >= 4 is 0 Å². The molecule has 0 fully saturated rings. The van der Waals surface area contributed by atoms with Crippen molar-refractivity contribution in [3.63, 3.8) is 0 Å². The number of hydrogen-bond donors (Lipinski definition) is 1. The molecule has 0 bridgehead atoms. The van der Waals surface area contributed by atoms with E-state index in [1.807, 2.05) is 18.2 Å². The van der Waals surface area contributed by atoms with Crippen molar-refractivity contribution in [1.82, 2.24) is 0 Å². The van der Waals surface area contributed by atoms with Crippen LogP contribution in [0.1, 0.15) is 6.42 Å². The van der Waals surface area contributed by atoms with Crippen molar-refractivity contribution < 1.29 is 0 Å². The highest BCUT2D eigenvalue weighted by Crippen LogP contribution is 2.13. The number of nitrogens with two attached hydrogens (primary N) is 1. The average molecular weight is 121 g/mol. The molecular formula is C8H11N. The van der Waals surface area contributed by atoms with E-state index in [0.717, 1.165) is 12.1 Å². The van der Waals surface area contributed by atoms with Crippen LogP contribution < -0.4 is 5.73 Å². The summed E-state index contributed by atoms with van der Waals surface area (Å²) in [6.07, 6.45) is 8.95. The van der Waals surface area contributed by atoms with E-state index in [0.29, 0.717) is 5.92 Å². The lowest BCUT2D eigenvalue weighted by molar-refractivity contribution is 0.814. The van der Waals surface area contributed by atoms with Crippen LogP contribution in [-0.4, -0.2) is 0 Å². The summed E-state index contributed by atoms with van der Waals surface area (Å²) in [5.41, 5.74) is 6.36. The first kappa shape index (κ1) is 6.14. The molecule has 9 heavy (non-hydrogen) atoms. The quantitative estimate of drug-likeness (QED) is 0.524. The Hall–Kier alpha value is -0.980. The SMILES string of the molecule is C=C[C@@H]1C=CC(N)=CC1. The molecule has 0 aromatic heterocycles. The maximum Gasteiger partial charge on any atom is 0.0270 e. The van der Waals surface area contributed by atoms with E-state index in [1.54, 1.807) is 0 Å². The number of rotatable bonds is 1. The molecule has 1 nitrogen and oxygen atoms in total. The second-order valence-corrected chi connectivity index (χ2v) is 2.20. The van der Waals surface area contributed by atoms with Crippen LogP contribution in [0.5, 0.6) is 0 Å².